The van der Waals surface area contributed by atoms with Gasteiger partial charge < -0.3 is 25.3 Å². The zero-order chi connectivity index (χ0) is 46.8. The van der Waals surface area contributed by atoms with Crippen molar-refractivity contribution >= 4 is 40.7 Å². The molecule has 9 rings (SSSR count). The molecule has 4 atom stereocenters. The number of anilines is 3. The maximum Gasteiger partial charge on any atom is 0.247 e. The third-order valence-electron chi connectivity index (χ3n) is 14.3. The highest BCUT2D eigenvalue weighted by atomic mass is 19.1. The van der Waals surface area contributed by atoms with E-state index in [0.717, 1.165) is 92.6 Å². The Bertz CT molecular complexity index is 2310. The molecule has 4 aliphatic rings. The summed E-state index contributed by atoms with van der Waals surface area (Å²) in [6.45, 7) is 5.60. The fraction of sp³-hybridized carbons (Fsp3) is 0.393. The normalized spacial score (nSPS) is 19.8. The maximum atomic E-state index is 14.3. The number of hydrogen-bond donors (Lipinski definition) is 2. The van der Waals surface area contributed by atoms with Gasteiger partial charge in [-0.05, 0) is 148 Å². The van der Waals surface area contributed by atoms with E-state index in [2.05, 4.69) is 25.3 Å². The fourth-order valence-electron chi connectivity index (χ4n) is 10.7. The second-order valence-corrected chi connectivity index (χ2v) is 18.9. The van der Waals surface area contributed by atoms with Crippen molar-refractivity contribution in [1.29, 1.82) is 0 Å². The van der Waals surface area contributed by atoms with E-state index in [1.165, 1.54) is 25.0 Å². The van der Waals surface area contributed by atoms with Crippen LogP contribution in [0, 0.1) is 5.82 Å². The highest BCUT2D eigenvalue weighted by molar-refractivity contribution is 5.99. The topological polar surface area (TPSA) is 109 Å². The van der Waals surface area contributed by atoms with Gasteiger partial charge in [-0.25, -0.2) is 4.39 Å². The summed E-state index contributed by atoms with van der Waals surface area (Å²) >= 11 is 0. The van der Waals surface area contributed by atoms with E-state index in [-0.39, 0.29) is 29.4 Å². The van der Waals surface area contributed by atoms with Crippen LogP contribution in [0.1, 0.15) is 98.5 Å². The maximum absolute atomic E-state index is 14.3. The number of amides is 4. The second-order valence-electron chi connectivity index (χ2n) is 18.9. The van der Waals surface area contributed by atoms with Gasteiger partial charge in [0.25, 0.3) is 0 Å². The Balaban J connectivity index is 0.831. The Morgan fingerprint density at radius 3 is 1.28 bits per heavy atom. The van der Waals surface area contributed by atoms with Gasteiger partial charge in [0.2, 0.25) is 23.6 Å². The monoisotopic (exact) mass is 918 g/mol. The van der Waals surface area contributed by atoms with E-state index < -0.39 is 24.2 Å². The zero-order valence-electron chi connectivity index (χ0n) is 39.0. The van der Waals surface area contributed by atoms with Crippen LogP contribution in [0.25, 0.3) is 0 Å². The molecule has 2 N–H and O–H groups in total. The minimum atomic E-state index is -0.546. The van der Waals surface area contributed by atoms with Crippen LogP contribution in [-0.2, 0) is 32.3 Å². The van der Waals surface area contributed by atoms with Gasteiger partial charge in [0.1, 0.15) is 30.0 Å². The molecule has 0 aliphatic carbocycles. The van der Waals surface area contributed by atoms with Gasteiger partial charge in [0, 0.05) is 43.2 Å². The van der Waals surface area contributed by atoms with E-state index in [1.54, 1.807) is 21.9 Å². The molecule has 4 unspecified atom stereocenters. The number of piperidine rings is 2. The van der Waals surface area contributed by atoms with Crippen LogP contribution in [-0.4, -0.2) is 94.6 Å². The lowest BCUT2D eigenvalue weighted by molar-refractivity contribution is -0.142. The van der Waals surface area contributed by atoms with Crippen LogP contribution >= 0.6 is 0 Å². The van der Waals surface area contributed by atoms with Crippen LogP contribution in [0.4, 0.5) is 21.5 Å². The molecule has 0 spiro atoms. The molecule has 5 aromatic carbocycles. The summed E-state index contributed by atoms with van der Waals surface area (Å²) < 4.78 is 14.1. The van der Waals surface area contributed by atoms with Crippen molar-refractivity contribution in [3.63, 3.8) is 0 Å². The van der Waals surface area contributed by atoms with Crippen molar-refractivity contribution in [3.8, 4) is 0 Å². The van der Waals surface area contributed by atoms with Crippen LogP contribution in [0.2, 0.25) is 0 Å². The van der Waals surface area contributed by atoms with E-state index in [0.29, 0.717) is 50.4 Å². The molecule has 68 heavy (non-hydrogen) atoms. The highest BCUT2D eigenvalue weighted by Crippen LogP contribution is 2.33. The molecular formula is C56H64FN7O4. The number of benzene rings is 5. The summed E-state index contributed by atoms with van der Waals surface area (Å²) in [7, 11) is 0. The zero-order valence-corrected chi connectivity index (χ0v) is 39.0. The van der Waals surface area contributed by atoms with Gasteiger partial charge in [-0.15, -0.1) is 0 Å². The molecule has 4 aliphatic heterocycles. The average Bonchev–Trinajstić information content (AvgIpc) is 4.09. The Kier molecular flexibility index (Phi) is 15.2. The fourth-order valence-corrected chi connectivity index (χ4v) is 10.7. The molecule has 0 saturated carbocycles. The predicted octanol–water partition coefficient (Wildman–Crippen LogP) is 9.35. The summed E-state index contributed by atoms with van der Waals surface area (Å²) in [6.07, 6.45) is 9.37. The lowest BCUT2D eigenvalue weighted by Gasteiger charge is -2.37. The first-order valence-corrected chi connectivity index (χ1v) is 24.8. The molecule has 0 aromatic heterocycles. The predicted molar refractivity (Wildman–Crippen MR) is 265 cm³/mol. The van der Waals surface area contributed by atoms with Crippen molar-refractivity contribution < 1.29 is 23.6 Å². The number of nitrogens with zero attached hydrogens (tertiary/aromatic N) is 5. The van der Waals surface area contributed by atoms with Gasteiger partial charge in [0.05, 0.1) is 0 Å². The van der Waals surface area contributed by atoms with Crippen LogP contribution in [0.15, 0.2) is 133 Å². The van der Waals surface area contributed by atoms with Crippen LogP contribution in [0.5, 0.6) is 0 Å². The van der Waals surface area contributed by atoms with E-state index in [4.69, 9.17) is 0 Å². The number of nitrogens with one attached hydrogen (secondary N) is 2. The number of halogens is 1. The van der Waals surface area contributed by atoms with E-state index in [1.807, 2.05) is 109 Å². The third-order valence-corrected chi connectivity index (χ3v) is 14.3. The molecule has 0 radical (unpaired) electrons. The highest BCUT2D eigenvalue weighted by Gasteiger charge is 2.41. The third kappa shape index (κ3) is 11.1. The van der Waals surface area contributed by atoms with Crippen molar-refractivity contribution in [3.05, 3.63) is 162 Å². The van der Waals surface area contributed by atoms with Crippen LogP contribution < -0.4 is 15.5 Å². The quantitative estimate of drug-likeness (QED) is 0.108. The molecule has 4 saturated heterocycles. The van der Waals surface area contributed by atoms with Crippen molar-refractivity contribution in [2.24, 2.45) is 0 Å². The Labute approximate surface area is 400 Å². The lowest BCUT2D eigenvalue weighted by atomic mass is 10.00. The molecule has 4 fully saturated rings. The molecule has 5 aromatic rings. The van der Waals surface area contributed by atoms with Crippen molar-refractivity contribution in [2.75, 3.05) is 54.8 Å². The Morgan fingerprint density at radius 2 is 0.882 bits per heavy atom. The SMILES string of the molecule is O=C(Nc1ccc(CN(Cc2ccc(NC(=O)C3CCCN3C(=O)C(c3ccccc3)N3CCCCC3)cc2)c2ccc(F)cc2)cc1)C1CCCN1C(=O)C(c1ccccc1)N1CCCCC1. The first-order valence-electron chi connectivity index (χ1n) is 24.8. The molecular weight excluding hydrogens is 854 g/mol. The van der Waals surface area contributed by atoms with Gasteiger partial charge in [-0.1, -0.05) is 97.8 Å². The van der Waals surface area contributed by atoms with Crippen LogP contribution in [0.3, 0.4) is 0 Å². The molecule has 4 heterocycles. The number of likely N-dealkylation sites (tertiary alicyclic amines) is 4. The number of carbonyl (C=O) groups is 4. The smallest absolute Gasteiger partial charge is 0.247 e. The van der Waals surface area contributed by atoms with Crippen molar-refractivity contribution in [2.45, 2.75) is 101 Å². The molecule has 12 heteroatoms. The summed E-state index contributed by atoms with van der Waals surface area (Å²) in [4.78, 5) is 66.7. The molecule has 11 nitrogen and oxygen atoms in total. The lowest BCUT2D eigenvalue weighted by Crippen LogP contribution is -2.49. The first kappa shape index (κ1) is 46.7. The van der Waals surface area contributed by atoms with Gasteiger partial charge in [0.15, 0.2) is 0 Å². The van der Waals surface area contributed by atoms with E-state index in [9.17, 15) is 23.6 Å². The Hall–Kier alpha value is -6.37. The second kappa shape index (κ2) is 22.2. The molecule has 4 amide bonds. The minimum Gasteiger partial charge on any atom is -0.363 e. The first-order chi connectivity index (χ1) is 33.3. The van der Waals surface area contributed by atoms with Gasteiger partial charge in [-0.2, -0.15) is 0 Å². The van der Waals surface area contributed by atoms with Gasteiger partial charge >= 0.3 is 0 Å². The largest absolute Gasteiger partial charge is 0.363 e. The summed E-state index contributed by atoms with van der Waals surface area (Å²) in [5.74, 6) is -0.685. The molecule has 354 valence electrons. The minimum absolute atomic E-state index is 0.00389. The molecule has 0 bridgehead atoms. The van der Waals surface area contributed by atoms with Gasteiger partial charge in [-0.3, -0.25) is 29.0 Å². The standard InChI is InChI=1S/C56H64FN7O4/c57-45-25-31-48(32-26-45)62(39-41-21-27-46(28-22-41)58-53(65)49-19-13-37-63(49)55(67)51(43-15-5-1-6-16-43)60-33-9-3-10-34-60)40-42-23-29-47(30-24-42)59-54(66)50-20-14-38-64(50)56(68)52(44-17-7-2-8-18-44)61-35-11-4-12-36-61/h1-2,5-8,15-18,21-32,49-52H,3-4,9-14,19-20,33-40H2,(H,58,65)(H,59,66). The summed E-state index contributed by atoms with van der Waals surface area (Å²) in [5, 5.41) is 6.20. The van der Waals surface area contributed by atoms with E-state index >= 15 is 0 Å². The number of carbonyl (C=O) groups excluding carboxylic acids is 4. The summed E-state index contributed by atoms with van der Waals surface area (Å²) in [6, 6.07) is 40.0. The average molecular weight is 918 g/mol. The Morgan fingerprint density at radius 1 is 0.485 bits per heavy atom. The summed E-state index contributed by atoms with van der Waals surface area (Å²) in [5.41, 5.74) is 6.08. The number of rotatable bonds is 15. The number of hydrogen-bond acceptors (Lipinski definition) is 7. The van der Waals surface area contributed by atoms with Crippen molar-refractivity contribution in [1.82, 2.24) is 19.6 Å².